The highest BCUT2D eigenvalue weighted by Crippen LogP contribution is 2.07. The van der Waals surface area contributed by atoms with E-state index in [0.29, 0.717) is 0 Å². The van der Waals surface area contributed by atoms with Crippen LogP contribution in [0.4, 0.5) is 0 Å². The molecular weight excluding hydrogens is 126 g/mol. The maximum Gasteiger partial charge on any atom is 0.126 e. The molecule has 0 amide bonds. The fraction of sp³-hybridized carbons (Fsp3) is 0.429. The molecule has 52 valence electrons. The van der Waals surface area contributed by atoms with Gasteiger partial charge in [0, 0.05) is 19.0 Å². The molecule has 0 saturated carbocycles. The summed E-state index contributed by atoms with van der Waals surface area (Å²) in [5.41, 5.74) is 0. The van der Waals surface area contributed by atoms with Gasteiger partial charge in [-0.15, -0.1) is 0 Å². The van der Waals surface area contributed by atoms with E-state index in [1.165, 1.54) is 0 Å². The highest BCUT2D eigenvalue weighted by Gasteiger charge is 2.19. The van der Waals surface area contributed by atoms with E-state index >= 15 is 0 Å². The summed E-state index contributed by atoms with van der Waals surface area (Å²) in [7, 11) is 0. The summed E-state index contributed by atoms with van der Waals surface area (Å²) in [5.74, 6) is 0. The molecule has 3 heteroatoms. The van der Waals surface area contributed by atoms with Gasteiger partial charge in [-0.25, -0.2) is 0 Å². The average Bonchev–Trinajstić information content (AvgIpc) is 2.05. The molecule has 0 radical (unpaired) electrons. The fourth-order valence-corrected chi connectivity index (χ4v) is 1.15. The molecule has 0 spiro atoms. The molecule has 1 N–H and O–H groups in total. The van der Waals surface area contributed by atoms with Gasteiger partial charge in [-0.05, 0) is 6.08 Å². The van der Waals surface area contributed by atoms with Crippen LogP contribution in [0.3, 0.4) is 0 Å². The molecule has 2 aliphatic rings. The van der Waals surface area contributed by atoms with Crippen molar-refractivity contribution in [3.05, 3.63) is 12.2 Å². The Morgan fingerprint density at radius 1 is 1.40 bits per heavy atom. The summed E-state index contributed by atoms with van der Waals surface area (Å²) < 4.78 is 0. The number of hydrogen-bond acceptors (Lipinski definition) is 3. The first-order chi connectivity index (χ1) is 4.97. The van der Waals surface area contributed by atoms with Crippen LogP contribution in [0.15, 0.2) is 22.1 Å². The van der Waals surface area contributed by atoms with Crippen molar-refractivity contribution in [3.8, 4) is 0 Å². The maximum atomic E-state index is 4.26. The molecule has 0 bridgehead atoms. The first-order valence-corrected chi connectivity index (χ1v) is 3.42. The van der Waals surface area contributed by atoms with Crippen molar-refractivity contribution < 1.29 is 0 Å². The summed E-state index contributed by atoms with van der Waals surface area (Å²) in [6, 6.07) is 0.235. The minimum atomic E-state index is 0.190. The zero-order chi connectivity index (χ0) is 6.81. The normalized spacial score (nSPS) is 36.0. The minimum Gasteiger partial charge on any atom is -0.289 e. The quantitative estimate of drug-likeness (QED) is 0.498. The van der Waals surface area contributed by atoms with Crippen LogP contribution < -0.4 is 5.32 Å². The van der Waals surface area contributed by atoms with E-state index in [4.69, 9.17) is 0 Å². The van der Waals surface area contributed by atoms with Crippen LogP contribution in [-0.2, 0) is 0 Å². The van der Waals surface area contributed by atoms with Crippen molar-refractivity contribution in [1.82, 2.24) is 5.32 Å². The molecule has 0 fully saturated rings. The second-order valence-corrected chi connectivity index (χ2v) is 2.36. The Labute approximate surface area is 59.6 Å². The van der Waals surface area contributed by atoms with Gasteiger partial charge >= 0.3 is 0 Å². The van der Waals surface area contributed by atoms with E-state index in [0.717, 1.165) is 6.54 Å². The predicted octanol–water partition coefficient (Wildman–Crippen LogP) is -0.00430. The highest BCUT2D eigenvalue weighted by molar-refractivity contribution is 5.73. The molecule has 2 atom stereocenters. The monoisotopic (exact) mass is 135 g/mol. The second kappa shape index (κ2) is 2.34. The third kappa shape index (κ3) is 0.885. The molecule has 3 nitrogen and oxygen atoms in total. The first-order valence-electron chi connectivity index (χ1n) is 3.42. The fourth-order valence-electron chi connectivity index (χ4n) is 1.15. The van der Waals surface area contributed by atoms with Gasteiger partial charge in [0.05, 0.1) is 0 Å². The standard InChI is InChI=1S/C7H9N3/c1-2-6-7(9-3-1)10-5-4-8-6/h1-4,6-7,10H,5H2. The van der Waals surface area contributed by atoms with Crippen molar-refractivity contribution in [2.75, 3.05) is 6.54 Å². The van der Waals surface area contributed by atoms with Gasteiger partial charge in [0.25, 0.3) is 0 Å². The van der Waals surface area contributed by atoms with E-state index in [2.05, 4.69) is 21.4 Å². The Balaban J connectivity index is 2.21. The lowest BCUT2D eigenvalue weighted by Gasteiger charge is -2.23. The topological polar surface area (TPSA) is 36.8 Å². The van der Waals surface area contributed by atoms with Gasteiger partial charge < -0.3 is 0 Å². The number of nitrogens with zero attached hydrogens (tertiary/aromatic N) is 2. The molecule has 2 unspecified atom stereocenters. The van der Waals surface area contributed by atoms with Crippen LogP contribution in [0, 0.1) is 0 Å². The SMILES string of the molecule is C1=CC2N=CCNC2N=C1. The van der Waals surface area contributed by atoms with Crippen LogP contribution in [0.2, 0.25) is 0 Å². The third-order valence-electron chi connectivity index (χ3n) is 1.66. The molecule has 0 aromatic heterocycles. The highest BCUT2D eigenvalue weighted by atomic mass is 15.1. The summed E-state index contributed by atoms with van der Waals surface area (Å²) in [5, 5.41) is 3.22. The van der Waals surface area contributed by atoms with Crippen molar-refractivity contribution in [2.24, 2.45) is 9.98 Å². The number of hydrogen-bond donors (Lipinski definition) is 1. The lowest BCUT2D eigenvalue weighted by atomic mass is 10.1. The Kier molecular flexibility index (Phi) is 1.36. The largest absolute Gasteiger partial charge is 0.289 e. The number of fused-ring (bicyclic) bond motifs is 1. The van der Waals surface area contributed by atoms with Crippen LogP contribution in [-0.4, -0.2) is 31.2 Å². The lowest BCUT2D eigenvalue weighted by molar-refractivity contribution is 0.502. The van der Waals surface area contributed by atoms with Gasteiger partial charge in [0.15, 0.2) is 0 Å². The van der Waals surface area contributed by atoms with Gasteiger partial charge in [-0.1, -0.05) is 6.08 Å². The lowest BCUT2D eigenvalue weighted by Crippen LogP contribution is -2.42. The summed E-state index contributed by atoms with van der Waals surface area (Å²) in [6.07, 6.45) is 7.89. The van der Waals surface area contributed by atoms with E-state index in [-0.39, 0.29) is 12.2 Å². The zero-order valence-corrected chi connectivity index (χ0v) is 5.57. The van der Waals surface area contributed by atoms with Crippen LogP contribution in [0.25, 0.3) is 0 Å². The van der Waals surface area contributed by atoms with Crippen LogP contribution in [0.5, 0.6) is 0 Å². The molecule has 0 aromatic carbocycles. The van der Waals surface area contributed by atoms with Gasteiger partial charge in [0.1, 0.15) is 12.2 Å². The number of aliphatic imine (C=N–C) groups is 2. The van der Waals surface area contributed by atoms with Crippen LogP contribution >= 0.6 is 0 Å². The Morgan fingerprint density at radius 3 is 3.30 bits per heavy atom. The maximum absolute atomic E-state index is 4.26. The van der Waals surface area contributed by atoms with E-state index in [9.17, 15) is 0 Å². The van der Waals surface area contributed by atoms with Crippen LogP contribution in [0.1, 0.15) is 0 Å². The van der Waals surface area contributed by atoms with Gasteiger partial charge in [-0.3, -0.25) is 15.3 Å². The first kappa shape index (κ1) is 5.80. The van der Waals surface area contributed by atoms with Gasteiger partial charge in [-0.2, -0.15) is 0 Å². The minimum absolute atomic E-state index is 0.190. The molecule has 2 aliphatic heterocycles. The molecule has 0 aliphatic carbocycles. The summed E-state index contributed by atoms with van der Waals surface area (Å²) in [4.78, 5) is 8.48. The molecule has 0 saturated heterocycles. The number of allylic oxidation sites excluding steroid dienone is 1. The zero-order valence-electron chi connectivity index (χ0n) is 5.57. The number of dihydropyridines is 1. The molecule has 0 aromatic rings. The Hall–Kier alpha value is -0.960. The summed E-state index contributed by atoms with van der Waals surface area (Å²) in [6.45, 7) is 0.840. The smallest absolute Gasteiger partial charge is 0.126 e. The Bertz CT molecular complexity index is 205. The molecule has 10 heavy (non-hydrogen) atoms. The number of rotatable bonds is 0. The van der Waals surface area contributed by atoms with Crippen molar-refractivity contribution in [2.45, 2.75) is 12.2 Å². The van der Waals surface area contributed by atoms with E-state index < -0.39 is 0 Å². The van der Waals surface area contributed by atoms with Gasteiger partial charge in [0.2, 0.25) is 0 Å². The number of nitrogens with one attached hydrogen (secondary N) is 1. The second-order valence-electron chi connectivity index (χ2n) is 2.36. The van der Waals surface area contributed by atoms with Crippen molar-refractivity contribution in [1.29, 1.82) is 0 Å². The summed E-state index contributed by atoms with van der Waals surface area (Å²) >= 11 is 0. The predicted molar refractivity (Wildman–Crippen MR) is 41.7 cm³/mol. The van der Waals surface area contributed by atoms with E-state index in [1.54, 1.807) is 0 Å². The van der Waals surface area contributed by atoms with E-state index in [1.807, 2.05) is 18.5 Å². The Morgan fingerprint density at radius 2 is 2.40 bits per heavy atom. The van der Waals surface area contributed by atoms with Crippen molar-refractivity contribution >= 4 is 12.4 Å². The molecule has 2 heterocycles. The average molecular weight is 135 g/mol. The third-order valence-corrected chi connectivity index (χ3v) is 1.66. The van der Waals surface area contributed by atoms with Crippen molar-refractivity contribution in [3.63, 3.8) is 0 Å². The molecule has 2 rings (SSSR count). The molecular formula is C7H9N3.